The molecule has 0 N–H and O–H groups in total. The molecule has 0 saturated heterocycles. The molecular weight excluding hydrogens is 471 g/mol. The van der Waals surface area contributed by atoms with Crippen LogP contribution in [0, 0.1) is 11.8 Å². The molecule has 4 atom stereocenters. The van der Waals surface area contributed by atoms with E-state index in [1.165, 1.54) is 93.8 Å². The average molecular weight is 504 g/mol. The Kier molecular flexibility index (Phi) is 3.73. The maximum Gasteiger partial charge on any atom is 0.252 e. The molecule has 3 aliphatic heterocycles. The summed E-state index contributed by atoms with van der Waals surface area (Å²) in [6.45, 7) is 5.53. The first kappa shape index (κ1) is 21.4. The van der Waals surface area contributed by atoms with Gasteiger partial charge in [-0.2, -0.15) is 0 Å². The van der Waals surface area contributed by atoms with Crippen LogP contribution in [0.1, 0.15) is 57.9 Å². The van der Waals surface area contributed by atoms with E-state index in [-0.39, 0.29) is 17.7 Å². The molecule has 5 aromatic rings. The van der Waals surface area contributed by atoms with Gasteiger partial charge in [-0.15, -0.1) is 0 Å². The van der Waals surface area contributed by atoms with Crippen LogP contribution in [0.4, 0.5) is 11.4 Å². The fourth-order valence-electron chi connectivity index (χ4n) is 10.4. The van der Waals surface area contributed by atoms with Gasteiger partial charge in [-0.3, -0.25) is 0 Å². The summed E-state index contributed by atoms with van der Waals surface area (Å²) < 4.78 is 2.58. The number of rotatable bonds is 0. The standard InChI is InChI=1S/C36H33BN2/c1-35-20-22-10-3-4-11-23(22)21-36(35,2)39-31-19-9-18-30-32(31)37(28-16-8-14-26(35)34(28)39)27-15-7-13-25-24-12-5-6-17-29(24)38(30)33(25)27/h5-9,12-19,22-23H,3-4,10-11,20-21H2,1-2H3. The molecule has 0 amide bonds. The second kappa shape index (κ2) is 6.81. The number of hydrogen-bond donors (Lipinski definition) is 0. The Bertz CT molecular complexity index is 1900. The van der Waals surface area contributed by atoms with Crippen LogP contribution in [0.3, 0.4) is 0 Å². The highest BCUT2D eigenvalue weighted by Gasteiger charge is 2.63. The van der Waals surface area contributed by atoms with Crippen LogP contribution >= 0.6 is 0 Å². The lowest BCUT2D eigenvalue weighted by Crippen LogP contribution is -2.65. The van der Waals surface area contributed by atoms with E-state index in [9.17, 15) is 0 Å². The maximum atomic E-state index is 2.87. The highest BCUT2D eigenvalue weighted by Crippen LogP contribution is 2.64. The van der Waals surface area contributed by atoms with Gasteiger partial charge in [-0.05, 0) is 71.8 Å². The average Bonchev–Trinajstić information content (AvgIpc) is 3.40. The minimum atomic E-state index is 0.0923. The van der Waals surface area contributed by atoms with Crippen molar-refractivity contribution in [2.75, 3.05) is 4.90 Å². The molecule has 10 rings (SSSR count). The number of anilines is 2. The number of hydrogen-bond acceptors (Lipinski definition) is 1. The summed E-state index contributed by atoms with van der Waals surface area (Å²) in [7, 11) is 0. The van der Waals surface area contributed by atoms with E-state index in [4.69, 9.17) is 0 Å². The fraction of sp³-hybridized carbons (Fsp3) is 0.333. The van der Waals surface area contributed by atoms with Gasteiger partial charge in [-0.1, -0.05) is 93.3 Å². The lowest BCUT2D eigenvalue weighted by molar-refractivity contribution is 0.0581. The van der Waals surface area contributed by atoms with Gasteiger partial charge in [0.2, 0.25) is 0 Å². The van der Waals surface area contributed by atoms with Crippen molar-refractivity contribution in [3.63, 3.8) is 0 Å². The third kappa shape index (κ3) is 2.25. The summed E-state index contributed by atoms with van der Waals surface area (Å²) in [5.41, 5.74) is 13.5. The first-order valence-corrected chi connectivity index (χ1v) is 15.2. The Morgan fingerprint density at radius 2 is 1.44 bits per heavy atom. The summed E-state index contributed by atoms with van der Waals surface area (Å²) >= 11 is 0. The lowest BCUT2D eigenvalue weighted by Gasteiger charge is -2.57. The van der Waals surface area contributed by atoms with Crippen LogP contribution in [0.15, 0.2) is 78.9 Å². The summed E-state index contributed by atoms with van der Waals surface area (Å²) in [4.78, 5) is 2.87. The molecule has 2 fully saturated rings. The predicted octanol–water partition coefficient (Wildman–Crippen LogP) is 6.70. The molecule has 2 saturated carbocycles. The number of nitrogens with zero attached hydrogens (tertiary/aromatic N) is 2. The number of fused-ring (bicyclic) bond motifs is 11. The summed E-state index contributed by atoms with van der Waals surface area (Å²) in [6, 6.07) is 30.6. The van der Waals surface area contributed by atoms with E-state index in [2.05, 4.69) is 102 Å². The van der Waals surface area contributed by atoms with Crippen molar-refractivity contribution in [2.24, 2.45) is 11.8 Å². The Morgan fingerprint density at radius 1 is 0.718 bits per heavy atom. The van der Waals surface area contributed by atoms with Gasteiger partial charge in [-0.25, -0.2) is 0 Å². The molecule has 3 heteroatoms. The van der Waals surface area contributed by atoms with Gasteiger partial charge in [0.15, 0.2) is 0 Å². The van der Waals surface area contributed by atoms with Crippen molar-refractivity contribution >= 4 is 56.3 Å². The smallest absolute Gasteiger partial charge is 0.252 e. The van der Waals surface area contributed by atoms with Gasteiger partial charge in [0.25, 0.3) is 6.71 Å². The van der Waals surface area contributed by atoms with Crippen LogP contribution in [-0.2, 0) is 5.41 Å². The van der Waals surface area contributed by atoms with Crippen molar-refractivity contribution < 1.29 is 0 Å². The quantitative estimate of drug-likeness (QED) is 0.209. The van der Waals surface area contributed by atoms with Gasteiger partial charge >= 0.3 is 0 Å². The molecule has 2 aliphatic carbocycles. The van der Waals surface area contributed by atoms with E-state index >= 15 is 0 Å². The van der Waals surface area contributed by atoms with Gasteiger partial charge in [0.05, 0.1) is 11.1 Å². The highest BCUT2D eigenvalue weighted by molar-refractivity contribution is 7.00. The second-order valence-electron chi connectivity index (χ2n) is 13.6. The molecule has 190 valence electrons. The monoisotopic (exact) mass is 504 g/mol. The second-order valence-corrected chi connectivity index (χ2v) is 13.6. The van der Waals surface area contributed by atoms with Crippen molar-refractivity contribution in [3.05, 3.63) is 84.4 Å². The molecule has 0 radical (unpaired) electrons. The summed E-state index contributed by atoms with van der Waals surface area (Å²) in [6.07, 6.45) is 8.34. The first-order chi connectivity index (χ1) is 19.1. The van der Waals surface area contributed by atoms with Gasteiger partial charge in [0, 0.05) is 38.8 Å². The molecule has 4 aromatic carbocycles. The van der Waals surface area contributed by atoms with E-state index < -0.39 is 0 Å². The van der Waals surface area contributed by atoms with Gasteiger partial charge in [0.1, 0.15) is 0 Å². The minimum Gasteiger partial charge on any atom is -0.335 e. The molecule has 39 heavy (non-hydrogen) atoms. The third-order valence-corrected chi connectivity index (χ3v) is 12.1. The number of benzene rings is 4. The zero-order valence-electron chi connectivity index (χ0n) is 22.9. The third-order valence-electron chi connectivity index (χ3n) is 12.1. The number of para-hydroxylation sites is 3. The van der Waals surface area contributed by atoms with E-state index in [0.29, 0.717) is 0 Å². The highest BCUT2D eigenvalue weighted by atomic mass is 15.3. The fourth-order valence-corrected chi connectivity index (χ4v) is 10.4. The SMILES string of the molecule is CC12CC3CCCCC3CC1(C)N1c3cccc4c3B(c3cccc2c31)c1cccc2c3ccccc3n-4c12. The summed E-state index contributed by atoms with van der Waals surface area (Å²) in [5, 5.41) is 2.74. The van der Waals surface area contributed by atoms with E-state index in [1.54, 1.807) is 5.56 Å². The van der Waals surface area contributed by atoms with Crippen LogP contribution in [-0.4, -0.2) is 16.8 Å². The minimum absolute atomic E-state index is 0.0923. The predicted molar refractivity (Wildman–Crippen MR) is 164 cm³/mol. The zero-order chi connectivity index (χ0) is 25.7. The normalized spacial score (nSPS) is 29.3. The summed E-state index contributed by atoms with van der Waals surface area (Å²) in [5.74, 6) is 1.74. The molecule has 1 aromatic heterocycles. The van der Waals surface area contributed by atoms with Crippen molar-refractivity contribution in [1.29, 1.82) is 0 Å². The molecule has 5 aliphatic rings. The van der Waals surface area contributed by atoms with Gasteiger partial charge < -0.3 is 9.47 Å². The zero-order valence-corrected chi connectivity index (χ0v) is 22.9. The molecular formula is C36H33BN2. The Balaban J connectivity index is 1.33. The first-order valence-electron chi connectivity index (χ1n) is 15.2. The van der Waals surface area contributed by atoms with E-state index in [0.717, 1.165) is 11.8 Å². The molecule has 4 unspecified atom stereocenters. The lowest BCUT2D eigenvalue weighted by atomic mass is 9.34. The van der Waals surface area contributed by atoms with Crippen molar-refractivity contribution in [3.8, 4) is 5.69 Å². The van der Waals surface area contributed by atoms with Crippen molar-refractivity contribution in [2.45, 2.75) is 63.3 Å². The van der Waals surface area contributed by atoms with Crippen LogP contribution < -0.4 is 21.3 Å². The van der Waals surface area contributed by atoms with E-state index in [1.807, 2.05) is 0 Å². The van der Waals surface area contributed by atoms with Crippen LogP contribution in [0.5, 0.6) is 0 Å². The maximum absolute atomic E-state index is 2.87. The van der Waals surface area contributed by atoms with Crippen molar-refractivity contribution in [1.82, 2.24) is 4.57 Å². The van der Waals surface area contributed by atoms with Crippen LogP contribution in [0.2, 0.25) is 0 Å². The topological polar surface area (TPSA) is 8.17 Å². The molecule has 0 spiro atoms. The molecule has 4 heterocycles. The largest absolute Gasteiger partial charge is 0.335 e. The van der Waals surface area contributed by atoms with Crippen LogP contribution in [0.25, 0.3) is 27.5 Å². The molecule has 2 nitrogen and oxygen atoms in total. The Labute approximate surface area is 230 Å². The molecule has 0 bridgehead atoms. The number of aromatic nitrogens is 1. The Hall–Kier alpha value is -3.46. The Morgan fingerprint density at radius 3 is 2.33 bits per heavy atom.